The molecule has 7 heteroatoms. The molecular weight excluding hydrogens is 236 g/mol. The minimum Gasteiger partial charge on any atom is -0.395 e. The maximum absolute atomic E-state index is 6.05. The summed E-state index contributed by atoms with van der Waals surface area (Å²) in [6, 6.07) is 0.265. The fourth-order valence-electron chi connectivity index (χ4n) is 1.44. The van der Waals surface area contributed by atoms with Crippen LogP contribution in [0, 0.1) is 6.92 Å². The van der Waals surface area contributed by atoms with E-state index in [4.69, 9.17) is 5.73 Å². The van der Waals surface area contributed by atoms with Crippen molar-refractivity contribution in [3.05, 3.63) is 12.0 Å². The first-order valence-corrected chi connectivity index (χ1v) is 6.18. The highest BCUT2D eigenvalue weighted by Crippen LogP contribution is 2.33. The second-order valence-corrected chi connectivity index (χ2v) is 5.13. The van der Waals surface area contributed by atoms with Crippen molar-refractivity contribution in [2.75, 3.05) is 5.73 Å². The maximum atomic E-state index is 6.05. The molecule has 2 rings (SSSR count). The third-order valence-electron chi connectivity index (χ3n) is 2.43. The zero-order chi connectivity index (χ0) is 12.6. The lowest BCUT2D eigenvalue weighted by molar-refractivity contribution is 0.490. The van der Waals surface area contributed by atoms with Gasteiger partial charge < -0.3 is 10.3 Å². The number of aromatic nitrogens is 5. The van der Waals surface area contributed by atoms with E-state index in [1.165, 1.54) is 11.8 Å². The lowest BCUT2D eigenvalue weighted by atomic mass is 10.4. The van der Waals surface area contributed by atoms with Crippen molar-refractivity contribution < 1.29 is 0 Å². The first kappa shape index (κ1) is 12.0. The summed E-state index contributed by atoms with van der Waals surface area (Å²) in [6.45, 7) is 6.06. The van der Waals surface area contributed by atoms with Crippen molar-refractivity contribution in [3.8, 4) is 0 Å². The Kier molecular flexibility index (Phi) is 3.10. The zero-order valence-electron chi connectivity index (χ0n) is 10.4. The fraction of sp³-hybridized carbons (Fsp3) is 0.500. The van der Waals surface area contributed by atoms with E-state index in [2.05, 4.69) is 29.1 Å². The van der Waals surface area contributed by atoms with E-state index in [1.54, 1.807) is 6.33 Å². The second kappa shape index (κ2) is 4.40. The number of nitrogens with two attached hydrogens (primary N) is 1. The Morgan fingerprint density at radius 2 is 2.12 bits per heavy atom. The normalized spacial score (nSPS) is 11.4. The van der Waals surface area contributed by atoms with Crippen molar-refractivity contribution in [3.63, 3.8) is 0 Å². The van der Waals surface area contributed by atoms with Gasteiger partial charge in [-0.05, 0) is 32.5 Å². The van der Waals surface area contributed by atoms with Gasteiger partial charge in [0.05, 0.1) is 11.4 Å². The summed E-state index contributed by atoms with van der Waals surface area (Å²) in [5, 5.41) is 14.1. The number of nitrogens with zero attached hydrogens (tertiary/aromatic N) is 5. The highest BCUT2D eigenvalue weighted by Gasteiger charge is 2.17. The van der Waals surface area contributed by atoms with Crippen LogP contribution in [0.4, 0.5) is 5.69 Å². The third kappa shape index (κ3) is 2.14. The van der Waals surface area contributed by atoms with Crippen LogP contribution < -0.4 is 5.73 Å². The monoisotopic (exact) mass is 252 g/mol. The van der Waals surface area contributed by atoms with Gasteiger partial charge in [0.15, 0.2) is 5.16 Å². The average Bonchev–Trinajstić information content (AvgIpc) is 2.78. The molecule has 2 N–H and O–H groups in total. The molecule has 0 spiro atoms. The Morgan fingerprint density at radius 3 is 2.65 bits per heavy atom. The predicted octanol–water partition coefficient (Wildman–Crippen LogP) is 1.63. The molecule has 0 saturated heterocycles. The van der Waals surface area contributed by atoms with Crippen molar-refractivity contribution in [1.82, 2.24) is 24.5 Å². The number of hydrogen-bond acceptors (Lipinski definition) is 5. The Labute approximate surface area is 104 Å². The SMILES string of the molecule is Cc1nn(C(C)C)c(Sc2nncn2C)c1N. The fourth-order valence-corrected chi connectivity index (χ4v) is 2.50. The van der Waals surface area contributed by atoms with E-state index >= 15 is 0 Å². The largest absolute Gasteiger partial charge is 0.395 e. The highest BCUT2D eigenvalue weighted by molar-refractivity contribution is 7.99. The van der Waals surface area contributed by atoms with Crippen LogP contribution in [0.15, 0.2) is 16.5 Å². The topological polar surface area (TPSA) is 74.5 Å². The van der Waals surface area contributed by atoms with Gasteiger partial charge in [0.25, 0.3) is 0 Å². The number of rotatable bonds is 3. The van der Waals surface area contributed by atoms with E-state index in [1.807, 2.05) is 23.2 Å². The Hall–Kier alpha value is -1.50. The molecule has 92 valence electrons. The highest BCUT2D eigenvalue weighted by atomic mass is 32.2. The minimum absolute atomic E-state index is 0.265. The number of hydrogen-bond donors (Lipinski definition) is 1. The van der Waals surface area contributed by atoms with Crippen LogP contribution >= 0.6 is 11.8 Å². The molecule has 0 fully saturated rings. The van der Waals surface area contributed by atoms with Gasteiger partial charge >= 0.3 is 0 Å². The second-order valence-electron chi connectivity index (χ2n) is 4.17. The van der Waals surface area contributed by atoms with E-state index in [-0.39, 0.29) is 6.04 Å². The number of anilines is 1. The molecule has 0 bridgehead atoms. The van der Waals surface area contributed by atoms with Crippen LogP contribution in [0.1, 0.15) is 25.6 Å². The molecule has 0 amide bonds. The molecule has 0 unspecified atom stereocenters. The summed E-state index contributed by atoms with van der Waals surface area (Å²) in [4.78, 5) is 0. The molecule has 6 nitrogen and oxygen atoms in total. The van der Waals surface area contributed by atoms with Crippen LogP contribution in [0.25, 0.3) is 0 Å². The first-order valence-electron chi connectivity index (χ1n) is 5.37. The van der Waals surface area contributed by atoms with Gasteiger partial charge in [-0.25, -0.2) is 0 Å². The summed E-state index contributed by atoms with van der Waals surface area (Å²) in [5.41, 5.74) is 7.61. The molecule has 0 aliphatic carbocycles. The lowest BCUT2D eigenvalue weighted by Gasteiger charge is -2.10. The van der Waals surface area contributed by atoms with E-state index in [0.29, 0.717) is 5.69 Å². The molecule has 17 heavy (non-hydrogen) atoms. The van der Waals surface area contributed by atoms with Crippen molar-refractivity contribution >= 4 is 17.4 Å². The number of nitrogen functional groups attached to an aromatic ring is 1. The molecule has 0 aliphatic heterocycles. The quantitative estimate of drug-likeness (QED) is 0.898. The Morgan fingerprint density at radius 1 is 1.41 bits per heavy atom. The van der Waals surface area contributed by atoms with Crippen LogP contribution in [0.5, 0.6) is 0 Å². The third-order valence-corrected chi connectivity index (χ3v) is 3.59. The molecule has 0 atom stereocenters. The van der Waals surface area contributed by atoms with E-state index in [0.717, 1.165) is 15.9 Å². The molecule has 2 aromatic heterocycles. The predicted molar refractivity (Wildman–Crippen MR) is 66.9 cm³/mol. The average molecular weight is 252 g/mol. The van der Waals surface area contributed by atoms with Crippen LogP contribution in [-0.2, 0) is 7.05 Å². The van der Waals surface area contributed by atoms with Gasteiger partial charge in [0.2, 0.25) is 0 Å². The van der Waals surface area contributed by atoms with Crippen molar-refractivity contribution in [2.24, 2.45) is 7.05 Å². The summed E-state index contributed by atoms with van der Waals surface area (Å²) >= 11 is 1.49. The summed E-state index contributed by atoms with van der Waals surface area (Å²) in [7, 11) is 1.90. The summed E-state index contributed by atoms with van der Waals surface area (Å²) < 4.78 is 3.78. The summed E-state index contributed by atoms with van der Waals surface area (Å²) in [5.74, 6) is 0. The van der Waals surface area contributed by atoms with Gasteiger partial charge in [-0.3, -0.25) is 4.68 Å². The van der Waals surface area contributed by atoms with Crippen molar-refractivity contribution in [1.29, 1.82) is 0 Å². The molecular formula is C10H16N6S. The van der Waals surface area contributed by atoms with Gasteiger partial charge in [-0.1, -0.05) is 0 Å². The first-order chi connectivity index (χ1) is 8.00. The number of aryl methyl sites for hydroxylation is 2. The Balaban J connectivity index is 2.41. The van der Waals surface area contributed by atoms with Gasteiger partial charge in [-0.15, -0.1) is 10.2 Å². The molecule has 2 aromatic rings. The lowest BCUT2D eigenvalue weighted by Crippen LogP contribution is -2.05. The van der Waals surface area contributed by atoms with Crippen LogP contribution in [0.3, 0.4) is 0 Å². The smallest absolute Gasteiger partial charge is 0.197 e. The molecule has 0 radical (unpaired) electrons. The Bertz CT molecular complexity index is 527. The van der Waals surface area contributed by atoms with Crippen molar-refractivity contribution in [2.45, 2.75) is 37.0 Å². The van der Waals surface area contributed by atoms with E-state index < -0.39 is 0 Å². The van der Waals surface area contributed by atoms with Gasteiger partial charge in [0.1, 0.15) is 11.4 Å². The van der Waals surface area contributed by atoms with Gasteiger partial charge in [-0.2, -0.15) is 5.10 Å². The van der Waals surface area contributed by atoms with Crippen LogP contribution in [0.2, 0.25) is 0 Å². The molecule has 0 aliphatic rings. The van der Waals surface area contributed by atoms with Crippen LogP contribution in [-0.4, -0.2) is 24.5 Å². The summed E-state index contributed by atoms with van der Waals surface area (Å²) in [6.07, 6.45) is 1.67. The standard InChI is InChI=1S/C10H16N6S/c1-6(2)16-9(8(11)7(3)14-16)17-10-13-12-5-15(10)4/h5-6H,11H2,1-4H3. The molecule has 2 heterocycles. The van der Waals surface area contributed by atoms with E-state index in [9.17, 15) is 0 Å². The molecule has 0 aromatic carbocycles. The molecule has 0 saturated carbocycles. The maximum Gasteiger partial charge on any atom is 0.197 e. The zero-order valence-corrected chi connectivity index (χ0v) is 11.2. The minimum atomic E-state index is 0.265. The van der Waals surface area contributed by atoms with Gasteiger partial charge in [0, 0.05) is 13.1 Å².